The predicted molar refractivity (Wildman–Crippen MR) is 129 cm³/mol. The Morgan fingerprint density at radius 2 is 1.85 bits per heavy atom. The van der Waals surface area contributed by atoms with E-state index in [4.69, 9.17) is 17.3 Å². The van der Waals surface area contributed by atoms with Gasteiger partial charge in [0.15, 0.2) is 0 Å². The Balaban J connectivity index is 1.61. The van der Waals surface area contributed by atoms with Gasteiger partial charge in [0, 0.05) is 21.8 Å². The van der Waals surface area contributed by atoms with E-state index in [2.05, 4.69) is 0 Å². The maximum Gasteiger partial charge on any atom is 0.264 e. The molecule has 0 radical (unpaired) electrons. The number of carbonyl (C=O) groups is 2. The highest BCUT2D eigenvalue weighted by molar-refractivity contribution is 7.20. The summed E-state index contributed by atoms with van der Waals surface area (Å²) in [6, 6.07) is 19.4. The van der Waals surface area contributed by atoms with Crippen molar-refractivity contribution in [2.45, 2.75) is 25.4 Å². The zero-order valence-electron chi connectivity index (χ0n) is 17.6. The maximum atomic E-state index is 14.6. The molecule has 33 heavy (non-hydrogen) atoms. The summed E-state index contributed by atoms with van der Waals surface area (Å²) >= 11 is 7.59. The lowest BCUT2D eigenvalue weighted by atomic mass is 10.0. The van der Waals surface area contributed by atoms with Gasteiger partial charge in [-0.15, -0.1) is 11.3 Å². The fraction of sp³-hybridized carbons (Fsp3) is 0.154. The minimum atomic E-state index is -0.555. The van der Waals surface area contributed by atoms with Gasteiger partial charge in [0.1, 0.15) is 5.82 Å². The van der Waals surface area contributed by atoms with Gasteiger partial charge in [0.25, 0.3) is 5.91 Å². The number of amides is 2. The molecule has 0 bridgehead atoms. The summed E-state index contributed by atoms with van der Waals surface area (Å²) in [7, 11) is 0. The van der Waals surface area contributed by atoms with E-state index >= 15 is 0 Å². The number of nitrogens with zero attached hydrogens (tertiary/aromatic N) is 1. The molecule has 2 amide bonds. The van der Waals surface area contributed by atoms with Crippen LogP contribution in [0, 0.1) is 5.82 Å². The molecule has 3 aromatic carbocycles. The van der Waals surface area contributed by atoms with Crippen LogP contribution < -0.4 is 5.73 Å². The monoisotopic (exact) mass is 478 g/mol. The first kappa shape index (κ1) is 21.6. The molecule has 5 rings (SSSR count). The minimum absolute atomic E-state index is 0.171. The van der Waals surface area contributed by atoms with Crippen molar-refractivity contribution in [2.24, 2.45) is 5.73 Å². The average Bonchev–Trinajstić information content (AvgIpc) is 3.41. The van der Waals surface area contributed by atoms with Crippen LogP contribution in [0.15, 0.2) is 66.7 Å². The molecule has 1 aliphatic rings. The standard InChI is InChI=1S/C26H20ClFN2O2S/c27-17-12-20-19(21(28)13-17)9-10-22(20)30(14-16-6-1-3-7-18(16)25(29)31)26(32)24-11-15-5-2-4-8-23(15)33-24/h1-8,11-13,22H,9-10,14H2,(H2,29,31)/t22-/m1/s1. The number of hydrogen-bond acceptors (Lipinski definition) is 3. The Labute approximate surface area is 199 Å². The van der Waals surface area contributed by atoms with Crippen molar-refractivity contribution >= 4 is 44.8 Å². The van der Waals surface area contributed by atoms with Gasteiger partial charge in [-0.2, -0.15) is 0 Å². The van der Waals surface area contributed by atoms with Crippen molar-refractivity contribution in [3.05, 3.63) is 105 Å². The number of nitrogens with two attached hydrogens (primary N) is 1. The average molecular weight is 479 g/mol. The predicted octanol–water partition coefficient (Wildman–Crippen LogP) is 6.12. The first-order valence-corrected chi connectivity index (χ1v) is 11.8. The lowest BCUT2D eigenvalue weighted by molar-refractivity contribution is 0.0661. The summed E-state index contributed by atoms with van der Waals surface area (Å²) in [4.78, 5) is 28.2. The summed E-state index contributed by atoms with van der Waals surface area (Å²) in [5.74, 6) is -1.08. The lowest BCUT2D eigenvalue weighted by Gasteiger charge is -2.30. The zero-order chi connectivity index (χ0) is 23.1. The van der Waals surface area contributed by atoms with Gasteiger partial charge in [-0.1, -0.05) is 48.0 Å². The van der Waals surface area contributed by atoms with E-state index in [0.717, 1.165) is 10.1 Å². The molecule has 0 saturated heterocycles. The number of primary amides is 1. The van der Waals surface area contributed by atoms with Gasteiger partial charge in [0.2, 0.25) is 5.91 Å². The fourth-order valence-corrected chi connectivity index (χ4v) is 5.81. The summed E-state index contributed by atoms with van der Waals surface area (Å²) in [6.07, 6.45) is 1.08. The van der Waals surface area contributed by atoms with Crippen molar-refractivity contribution in [1.29, 1.82) is 0 Å². The van der Waals surface area contributed by atoms with Gasteiger partial charge in [0.05, 0.1) is 10.9 Å². The third kappa shape index (κ3) is 4.01. The zero-order valence-corrected chi connectivity index (χ0v) is 19.1. The molecule has 1 heterocycles. The van der Waals surface area contributed by atoms with E-state index in [1.165, 1.54) is 17.4 Å². The van der Waals surface area contributed by atoms with Crippen LogP contribution in [0.5, 0.6) is 0 Å². The third-order valence-electron chi connectivity index (χ3n) is 6.12. The van der Waals surface area contributed by atoms with Crippen LogP contribution in [0.25, 0.3) is 10.1 Å². The molecule has 0 unspecified atom stereocenters. The summed E-state index contributed by atoms with van der Waals surface area (Å²) in [6.45, 7) is 0.171. The van der Waals surface area contributed by atoms with E-state index in [0.29, 0.717) is 45.0 Å². The molecule has 0 aliphatic heterocycles. The highest BCUT2D eigenvalue weighted by Gasteiger charge is 2.34. The molecule has 1 atom stereocenters. The maximum absolute atomic E-state index is 14.6. The molecule has 2 N–H and O–H groups in total. The molecule has 0 fully saturated rings. The number of carbonyl (C=O) groups excluding carboxylic acids is 2. The molecule has 0 saturated carbocycles. The quantitative estimate of drug-likeness (QED) is 0.375. The topological polar surface area (TPSA) is 63.4 Å². The molecule has 4 nitrogen and oxygen atoms in total. The SMILES string of the molecule is NC(=O)c1ccccc1CN(C(=O)c1cc2ccccc2s1)[C@@H]1CCc2c(F)cc(Cl)cc21. The van der Waals surface area contributed by atoms with Crippen molar-refractivity contribution in [3.63, 3.8) is 0 Å². The molecule has 1 aliphatic carbocycles. The number of hydrogen-bond donors (Lipinski definition) is 1. The van der Waals surface area contributed by atoms with Crippen molar-refractivity contribution in [3.8, 4) is 0 Å². The Morgan fingerprint density at radius 3 is 2.64 bits per heavy atom. The number of halogens is 2. The molecule has 4 aromatic rings. The van der Waals surface area contributed by atoms with E-state index in [1.54, 1.807) is 29.2 Å². The Bertz CT molecular complexity index is 1370. The summed E-state index contributed by atoms with van der Waals surface area (Å²) < 4.78 is 15.6. The Hall–Kier alpha value is -3.22. The second-order valence-electron chi connectivity index (χ2n) is 8.11. The first-order chi connectivity index (χ1) is 15.9. The third-order valence-corrected chi connectivity index (χ3v) is 7.44. The largest absolute Gasteiger partial charge is 0.366 e. The van der Waals surface area contributed by atoms with Gasteiger partial charge in [-0.25, -0.2) is 4.39 Å². The number of thiophene rings is 1. The normalized spacial score (nSPS) is 14.9. The van der Waals surface area contributed by atoms with Crippen LogP contribution >= 0.6 is 22.9 Å². The van der Waals surface area contributed by atoms with Crippen LogP contribution in [0.4, 0.5) is 4.39 Å². The lowest BCUT2D eigenvalue weighted by Crippen LogP contribution is -2.34. The van der Waals surface area contributed by atoms with Crippen molar-refractivity contribution in [2.75, 3.05) is 0 Å². The molecule has 7 heteroatoms. The van der Waals surface area contributed by atoms with Crippen LogP contribution in [0.1, 0.15) is 49.2 Å². The molecule has 0 spiro atoms. The Kier molecular flexibility index (Phi) is 5.64. The number of rotatable bonds is 5. The van der Waals surface area contributed by atoms with Crippen LogP contribution in [-0.2, 0) is 13.0 Å². The smallest absolute Gasteiger partial charge is 0.264 e. The van der Waals surface area contributed by atoms with Gasteiger partial charge >= 0.3 is 0 Å². The second-order valence-corrected chi connectivity index (χ2v) is 9.63. The molecule has 166 valence electrons. The van der Waals surface area contributed by atoms with E-state index in [9.17, 15) is 14.0 Å². The highest BCUT2D eigenvalue weighted by atomic mass is 35.5. The minimum Gasteiger partial charge on any atom is -0.366 e. The van der Waals surface area contributed by atoms with Crippen LogP contribution in [0.2, 0.25) is 5.02 Å². The number of benzene rings is 3. The first-order valence-electron chi connectivity index (χ1n) is 10.6. The summed E-state index contributed by atoms with van der Waals surface area (Å²) in [5, 5.41) is 1.29. The number of fused-ring (bicyclic) bond motifs is 2. The van der Waals surface area contributed by atoms with Crippen LogP contribution in [-0.4, -0.2) is 16.7 Å². The van der Waals surface area contributed by atoms with Gasteiger partial charge in [-0.05, 0) is 65.3 Å². The van der Waals surface area contributed by atoms with Crippen molar-refractivity contribution in [1.82, 2.24) is 4.90 Å². The molecule has 1 aromatic heterocycles. The van der Waals surface area contributed by atoms with Gasteiger partial charge < -0.3 is 10.6 Å². The highest BCUT2D eigenvalue weighted by Crippen LogP contribution is 2.41. The van der Waals surface area contributed by atoms with Crippen molar-refractivity contribution < 1.29 is 14.0 Å². The second kappa shape index (κ2) is 8.61. The van der Waals surface area contributed by atoms with E-state index < -0.39 is 5.91 Å². The van der Waals surface area contributed by atoms with Crippen LogP contribution in [0.3, 0.4) is 0 Å². The molecular formula is C26H20ClFN2O2S. The van der Waals surface area contributed by atoms with E-state index in [-0.39, 0.29) is 24.3 Å². The fourth-order valence-electron chi connectivity index (χ4n) is 4.58. The molecular weight excluding hydrogens is 459 g/mol. The van der Waals surface area contributed by atoms with E-state index in [1.807, 2.05) is 36.4 Å². The summed E-state index contributed by atoms with van der Waals surface area (Å²) in [5.41, 5.74) is 7.90. The Morgan fingerprint density at radius 1 is 1.09 bits per heavy atom. The van der Waals surface area contributed by atoms with Gasteiger partial charge in [-0.3, -0.25) is 9.59 Å².